The Hall–Kier alpha value is -1.90. The summed E-state index contributed by atoms with van der Waals surface area (Å²) in [5.41, 5.74) is 0.392. The molecule has 1 saturated carbocycles. The van der Waals surface area contributed by atoms with Gasteiger partial charge in [0.25, 0.3) is 0 Å². The number of nitrogens with zero attached hydrogens (tertiary/aromatic N) is 1. The fourth-order valence-electron chi connectivity index (χ4n) is 5.61. The Kier molecular flexibility index (Phi) is 11.7. The Morgan fingerprint density at radius 2 is 1.97 bits per heavy atom. The average molecular weight is 525 g/mol. The molecule has 3 atom stereocenters. The van der Waals surface area contributed by atoms with Crippen LogP contribution in [0, 0.1) is 17.7 Å². The van der Waals surface area contributed by atoms with Crippen molar-refractivity contribution in [3.8, 4) is 0 Å². The van der Waals surface area contributed by atoms with Gasteiger partial charge in [0.15, 0.2) is 0 Å². The first-order valence-corrected chi connectivity index (χ1v) is 13.8. The molecule has 0 radical (unpaired) electrons. The lowest BCUT2D eigenvalue weighted by Crippen LogP contribution is -2.52. The van der Waals surface area contributed by atoms with E-state index in [1.807, 2.05) is 11.9 Å². The third-order valence-electron chi connectivity index (χ3n) is 7.36. The molecule has 202 valence electrons. The molecule has 0 bridgehead atoms. The number of urea groups is 1. The molecule has 1 unspecified atom stereocenters. The van der Waals surface area contributed by atoms with E-state index in [4.69, 9.17) is 16.3 Å². The largest absolute Gasteiger partial charge is 0.371 e. The van der Waals surface area contributed by atoms with Crippen molar-refractivity contribution in [3.05, 3.63) is 34.6 Å². The van der Waals surface area contributed by atoms with Crippen LogP contribution in [-0.2, 0) is 9.53 Å². The van der Waals surface area contributed by atoms with Gasteiger partial charge in [-0.05, 0) is 38.3 Å². The zero-order valence-electron chi connectivity index (χ0n) is 21.7. The van der Waals surface area contributed by atoms with E-state index >= 15 is 0 Å². The third-order valence-corrected chi connectivity index (χ3v) is 7.65. The van der Waals surface area contributed by atoms with Gasteiger partial charge in [-0.1, -0.05) is 55.8 Å². The van der Waals surface area contributed by atoms with Gasteiger partial charge in [-0.25, -0.2) is 9.18 Å². The van der Waals surface area contributed by atoms with E-state index in [-0.39, 0.29) is 35.5 Å². The first-order valence-electron chi connectivity index (χ1n) is 13.4. The second-order valence-corrected chi connectivity index (χ2v) is 10.6. The molecule has 1 aliphatic heterocycles. The molecule has 2 aliphatic rings. The number of hydrogen-bond acceptors (Lipinski definition) is 4. The lowest BCUT2D eigenvalue weighted by atomic mass is 9.85. The van der Waals surface area contributed by atoms with Crippen molar-refractivity contribution in [1.82, 2.24) is 20.9 Å². The number of likely N-dealkylation sites (tertiary alicyclic amines) is 1. The van der Waals surface area contributed by atoms with Crippen molar-refractivity contribution in [2.24, 2.45) is 11.8 Å². The summed E-state index contributed by atoms with van der Waals surface area (Å²) in [4.78, 5) is 26.4. The zero-order chi connectivity index (χ0) is 25.9. The molecule has 9 heteroatoms. The molecule has 36 heavy (non-hydrogen) atoms. The number of rotatable bonds is 11. The molecule has 1 aromatic rings. The summed E-state index contributed by atoms with van der Waals surface area (Å²) in [5.74, 6) is -0.0598. The zero-order valence-corrected chi connectivity index (χ0v) is 22.4. The summed E-state index contributed by atoms with van der Waals surface area (Å²) >= 11 is 6.08. The maximum Gasteiger partial charge on any atom is 0.317 e. The van der Waals surface area contributed by atoms with Gasteiger partial charge in [0.05, 0.1) is 17.7 Å². The molecule has 0 spiro atoms. The molecule has 3 N–H and O–H groups in total. The maximum absolute atomic E-state index is 15.0. The van der Waals surface area contributed by atoms with E-state index in [1.54, 1.807) is 12.1 Å². The van der Waals surface area contributed by atoms with Crippen LogP contribution in [0.3, 0.4) is 0 Å². The second-order valence-electron chi connectivity index (χ2n) is 10.2. The molecule has 2 fully saturated rings. The lowest BCUT2D eigenvalue weighted by molar-refractivity contribution is -0.119. The molecule has 1 saturated heterocycles. The van der Waals surface area contributed by atoms with Crippen LogP contribution in [0.4, 0.5) is 9.18 Å². The number of carbonyl (C=O) groups excluding carboxylic acids is 2. The smallest absolute Gasteiger partial charge is 0.317 e. The molecule has 7 nitrogen and oxygen atoms in total. The number of nitrogens with one attached hydrogen (secondary N) is 3. The monoisotopic (exact) mass is 524 g/mol. The van der Waals surface area contributed by atoms with Crippen molar-refractivity contribution >= 4 is 23.5 Å². The van der Waals surface area contributed by atoms with Gasteiger partial charge in [-0.3, -0.25) is 4.79 Å². The third kappa shape index (κ3) is 8.60. The van der Waals surface area contributed by atoms with Crippen LogP contribution in [0.5, 0.6) is 0 Å². The van der Waals surface area contributed by atoms with E-state index < -0.39 is 11.9 Å². The average Bonchev–Trinajstić information content (AvgIpc) is 2.87. The minimum atomic E-state index is -0.566. The van der Waals surface area contributed by atoms with E-state index in [1.165, 1.54) is 45.1 Å². The predicted octanol–water partition coefficient (Wildman–Crippen LogP) is 4.65. The number of carbonyl (C=O) groups is 2. The molecule has 0 aromatic heterocycles. The fourth-order valence-corrected chi connectivity index (χ4v) is 5.79. The van der Waals surface area contributed by atoms with Crippen LogP contribution in [0.1, 0.15) is 70.0 Å². The number of piperidine rings is 1. The molecule has 3 amide bonds. The van der Waals surface area contributed by atoms with Gasteiger partial charge in [0.1, 0.15) is 5.82 Å². The standard InChI is InChI=1S/C27H42ClFN4O3/c1-19(34)31-13-15-36-26(23-11-6-12-24(28)25(23)29)21-10-7-14-33(18-21)27(35)32-22(17-30-2)16-20-8-4-3-5-9-20/h6,11-12,20-22,26,30H,3-5,7-10,13-18H2,1-2H3,(H,31,34)(H,32,35)/t21-,22+,26?/m1/s1. The van der Waals surface area contributed by atoms with Crippen LogP contribution in [0.2, 0.25) is 5.02 Å². The number of ether oxygens (including phenoxy) is 1. The van der Waals surface area contributed by atoms with Crippen molar-refractivity contribution in [2.75, 3.05) is 39.8 Å². The highest BCUT2D eigenvalue weighted by molar-refractivity contribution is 6.30. The van der Waals surface area contributed by atoms with Gasteiger partial charge in [-0.15, -0.1) is 0 Å². The second kappa shape index (κ2) is 14.7. The first kappa shape index (κ1) is 28.7. The molecular formula is C27H42ClFN4O3. The Labute approximate surface area is 219 Å². The summed E-state index contributed by atoms with van der Waals surface area (Å²) in [7, 11) is 1.92. The highest BCUT2D eigenvalue weighted by atomic mass is 35.5. The first-order chi connectivity index (χ1) is 17.4. The normalized spacial score (nSPS) is 20.6. The lowest BCUT2D eigenvalue weighted by Gasteiger charge is -2.38. The number of benzene rings is 1. The van der Waals surface area contributed by atoms with Gasteiger partial charge < -0.3 is 25.6 Å². The minimum Gasteiger partial charge on any atom is -0.371 e. The SMILES string of the molecule is CNC[C@H](CC1CCCCC1)NC(=O)N1CCC[C@@H](C(OCCNC(C)=O)c2cccc(Cl)c2F)C1. The van der Waals surface area contributed by atoms with Crippen LogP contribution in [-0.4, -0.2) is 62.7 Å². The highest BCUT2D eigenvalue weighted by Crippen LogP contribution is 2.36. The van der Waals surface area contributed by atoms with Crippen molar-refractivity contribution < 1.29 is 18.7 Å². The predicted molar refractivity (Wildman–Crippen MR) is 141 cm³/mol. The van der Waals surface area contributed by atoms with Gasteiger partial charge >= 0.3 is 6.03 Å². The van der Waals surface area contributed by atoms with Crippen LogP contribution < -0.4 is 16.0 Å². The van der Waals surface area contributed by atoms with Gasteiger partial charge in [-0.2, -0.15) is 0 Å². The Morgan fingerprint density at radius 3 is 2.69 bits per heavy atom. The van der Waals surface area contributed by atoms with E-state index in [0.29, 0.717) is 31.1 Å². The fraction of sp³-hybridized carbons (Fsp3) is 0.704. The molecule has 3 rings (SSSR count). The summed E-state index contributed by atoms with van der Waals surface area (Å²) in [6.07, 6.45) is 8.40. The van der Waals surface area contributed by atoms with Crippen molar-refractivity contribution in [3.63, 3.8) is 0 Å². The Bertz CT molecular complexity index is 852. The van der Waals surface area contributed by atoms with Crippen LogP contribution in [0.25, 0.3) is 0 Å². The molecule has 1 aliphatic carbocycles. The Balaban J connectivity index is 1.66. The van der Waals surface area contributed by atoms with Crippen LogP contribution >= 0.6 is 11.6 Å². The number of likely N-dealkylation sites (N-methyl/N-ethyl adjacent to an activating group) is 1. The van der Waals surface area contributed by atoms with Crippen LogP contribution in [0.15, 0.2) is 18.2 Å². The van der Waals surface area contributed by atoms with E-state index in [0.717, 1.165) is 25.8 Å². The highest BCUT2D eigenvalue weighted by Gasteiger charge is 2.33. The Morgan fingerprint density at radius 1 is 1.19 bits per heavy atom. The summed E-state index contributed by atoms with van der Waals surface area (Å²) in [5, 5.41) is 9.24. The molecular weight excluding hydrogens is 483 g/mol. The summed E-state index contributed by atoms with van der Waals surface area (Å²) in [6.45, 7) is 3.89. The summed E-state index contributed by atoms with van der Waals surface area (Å²) < 4.78 is 21.1. The van der Waals surface area contributed by atoms with Crippen molar-refractivity contribution in [1.29, 1.82) is 0 Å². The number of amides is 3. The molecule has 1 heterocycles. The summed E-state index contributed by atoms with van der Waals surface area (Å²) in [6, 6.07) is 4.94. The topological polar surface area (TPSA) is 82.7 Å². The minimum absolute atomic E-state index is 0.0472. The molecule has 1 aromatic carbocycles. The quantitative estimate of drug-likeness (QED) is 0.368. The van der Waals surface area contributed by atoms with Crippen molar-refractivity contribution in [2.45, 2.75) is 70.4 Å². The number of halogens is 2. The maximum atomic E-state index is 15.0. The van der Waals surface area contributed by atoms with E-state index in [9.17, 15) is 14.0 Å². The van der Waals surface area contributed by atoms with Gasteiger partial charge in [0.2, 0.25) is 5.91 Å². The van der Waals surface area contributed by atoms with E-state index in [2.05, 4.69) is 16.0 Å². The van der Waals surface area contributed by atoms with Gasteiger partial charge in [0, 0.05) is 50.6 Å². The number of hydrogen-bond donors (Lipinski definition) is 3.